The number of benzene rings is 3. The van der Waals surface area contributed by atoms with E-state index in [0.717, 1.165) is 21.3 Å². The van der Waals surface area contributed by atoms with E-state index in [1.807, 2.05) is 78.9 Å². The van der Waals surface area contributed by atoms with Gasteiger partial charge in [-0.3, -0.25) is 4.57 Å². The Hall–Kier alpha value is -4.94. The Morgan fingerprint density at radius 2 is 1.59 bits per heavy atom. The van der Waals surface area contributed by atoms with E-state index in [0.29, 0.717) is 11.5 Å². The van der Waals surface area contributed by atoms with Gasteiger partial charge in [-0.25, -0.2) is 9.18 Å². The molecule has 5 rings (SSSR count). The fraction of sp³-hybridized carbons (Fsp3) is 0.290. The van der Waals surface area contributed by atoms with E-state index >= 15 is 4.39 Å². The van der Waals surface area contributed by atoms with Crippen LogP contribution in [0.25, 0.3) is 10.4 Å². The van der Waals surface area contributed by atoms with Crippen LogP contribution >= 0.6 is 0 Å². The van der Waals surface area contributed by atoms with E-state index in [1.165, 1.54) is 12.3 Å². The third kappa shape index (κ3) is 5.45. The Kier molecular flexibility index (Phi) is 8.83. The standard InChI is InChI=1S/C31H31FN6O6/c1-42-23-12-8-21(9-13-23)31(20-6-4-3-5-7-20,22-10-14-24(43-2)15-11-22)36-25-16-17-38(29(41)35-25)28-26(32)27(40)30(19-39,44-28)18-34-37-33/h3-17,26-28,39-40H,18-19H2,1-2H3,(H,35,36,41)/t26-,27+,28-,30-/m1/s1. The summed E-state index contributed by atoms with van der Waals surface area (Å²) in [4.78, 5) is 20.2. The van der Waals surface area contributed by atoms with Crippen molar-refractivity contribution in [3.8, 4) is 11.5 Å². The number of nitrogens with one attached hydrogen (secondary N) is 1. The molecule has 1 aliphatic rings. The van der Waals surface area contributed by atoms with Crippen LogP contribution in [0.2, 0.25) is 0 Å². The van der Waals surface area contributed by atoms with Gasteiger partial charge >= 0.3 is 5.69 Å². The van der Waals surface area contributed by atoms with Gasteiger partial charge in [0, 0.05) is 11.1 Å². The van der Waals surface area contributed by atoms with Crippen molar-refractivity contribution in [1.29, 1.82) is 0 Å². The molecule has 228 valence electrons. The van der Waals surface area contributed by atoms with Gasteiger partial charge in [0.05, 0.1) is 27.4 Å². The van der Waals surface area contributed by atoms with Crippen LogP contribution in [0.5, 0.6) is 11.5 Å². The molecule has 1 aromatic heterocycles. The van der Waals surface area contributed by atoms with Crippen LogP contribution in [-0.2, 0) is 10.3 Å². The zero-order chi connectivity index (χ0) is 31.3. The third-order valence-corrected chi connectivity index (χ3v) is 7.81. The summed E-state index contributed by atoms with van der Waals surface area (Å²) in [5.74, 6) is 1.48. The smallest absolute Gasteiger partial charge is 0.351 e. The monoisotopic (exact) mass is 602 g/mol. The Bertz CT molecular complexity index is 1630. The average Bonchev–Trinajstić information content (AvgIpc) is 3.32. The molecular weight excluding hydrogens is 571 g/mol. The van der Waals surface area contributed by atoms with Crippen molar-refractivity contribution in [2.45, 2.75) is 29.6 Å². The largest absolute Gasteiger partial charge is 0.497 e. The van der Waals surface area contributed by atoms with E-state index in [1.54, 1.807) is 14.2 Å². The van der Waals surface area contributed by atoms with Crippen LogP contribution < -0.4 is 20.5 Å². The number of alkyl halides is 1. The normalized spacial score (nSPS) is 21.3. The van der Waals surface area contributed by atoms with Crippen LogP contribution in [0.4, 0.5) is 10.2 Å². The maximum atomic E-state index is 15.3. The number of aromatic nitrogens is 2. The molecule has 1 aliphatic heterocycles. The van der Waals surface area contributed by atoms with Crippen molar-refractivity contribution in [2.75, 3.05) is 32.7 Å². The number of ether oxygens (including phenoxy) is 3. The van der Waals surface area contributed by atoms with Gasteiger partial charge in [-0.05, 0) is 52.6 Å². The number of halogens is 1. The molecule has 1 fully saturated rings. The molecule has 0 radical (unpaired) electrons. The molecule has 3 N–H and O–H groups in total. The minimum atomic E-state index is -2.11. The quantitative estimate of drug-likeness (QED) is 0.101. The highest BCUT2D eigenvalue weighted by Crippen LogP contribution is 2.42. The lowest BCUT2D eigenvalue weighted by molar-refractivity contribution is -0.122. The van der Waals surface area contributed by atoms with Crippen LogP contribution in [0.3, 0.4) is 0 Å². The number of rotatable bonds is 11. The highest BCUT2D eigenvalue weighted by atomic mass is 19.1. The molecule has 0 aliphatic carbocycles. The number of aliphatic hydroxyl groups is 2. The fourth-order valence-corrected chi connectivity index (χ4v) is 5.45. The van der Waals surface area contributed by atoms with Gasteiger partial charge in [0.2, 0.25) is 0 Å². The summed E-state index contributed by atoms with van der Waals surface area (Å²) in [6.45, 7) is -1.38. The molecule has 0 spiro atoms. The lowest BCUT2D eigenvalue weighted by Crippen LogP contribution is -2.48. The second kappa shape index (κ2) is 12.7. The van der Waals surface area contributed by atoms with E-state index in [-0.39, 0.29) is 5.82 Å². The van der Waals surface area contributed by atoms with Crippen LogP contribution in [0.1, 0.15) is 22.9 Å². The molecule has 44 heavy (non-hydrogen) atoms. The first-order chi connectivity index (χ1) is 21.3. The van der Waals surface area contributed by atoms with Crippen LogP contribution in [0.15, 0.2) is 101 Å². The number of nitrogens with zero attached hydrogens (tertiary/aromatic N) is 5. The number of hydrogen-bond acceptors (Lipinski definition) is 9. The second-order valence-electron chi connectivity index (χ2n) is 10.2. The van der Waals surface area contributed by atoms with Crippen molar-refractivity contribution in [1.82, 2.24) is 9.55 Å². The summed E-state index contributed by atoms with van der Waals surface area (Å²) in [6, 6.07) is 26.0. The molecule has 3 aromatic carbocycles. The van der Waals surface area contributed by atoms with Crippen LogP contribution in [0, 0.1) is 0 Å². The predicted octanol–water partition coefficient (Wildman–Crippen LogP) is 3.93. The first kappa shape index (κ1) is 30.5. The van der Waals surface area contributed by atoms with Crippen molar-refractivity contribution in [3.05, 3.63) is 129 Å². The third-order valence-electron chi connectivity index (χ3n) is 7.81. The maximum Gasteiger partial charge on any atom is 0.351 e. The molecule has 4 atom stereocenters. The lowest BCUT2D eigenvalue weighted by Gasteiger charge is -2.37. The molecule has 0 unspecified atom stereocenters. The summed E-state index contributed by atoms with van der Waals surface area (Å²) in [6.07, 6.45) is -4.30. The zero-order valence-electron chi connectivity index (χ0n) is 23.9. The van der Waals surface area contributed by atoms with Crippen LogP contribution in [-0.4, -0.2) is 65.0 Å². The Morgan fingerprint density at radius 3 is 2.09 bits per heavy atom. The topological polar surface area (TPSA) is 164 Å². The van der Waals surface area contributed by atoms with Gasteiger partial charge in [-0.15, -0.1) is 0 Å². The lowest BCUT2D eigenvalue weighted by atomic mass is 9.77. The van der Waals surface area contributed by atoms with Gasteiger partial charge in [0.15, 0.2) is 12.4 Å². The van der Waals surface area contributed by atoms with E-state index in [2.05, 4.69) is 20.3 Å². The Balaban J connectivity index is 1.61. The van der Waals surface area contributed by atoms with Gasteiger partial charge in [0.1, 0.15) is 34.6 Å². The maximum absolute atomic E-state index is 15.3. The highest BCUT2D eigenvalue weighted by Gasteiger charge is 2.55. The highest BCUT2D eigenvalue weighted by molar-refractivity contribution is 5.59. The SMILES string of the molecule is COc1ccc(C(Nc2ccn([C@@H]3O[C@@](CO)(CN=[N+]=[N-])[C@@H](O)[C@H]3F)c(=O)n2)(c2ccccc2)c2ccc(OC)cc2)cc1. The summed E-state index contributed by atoms with van der Waals surface area (Å²) in [7, 11) is 3.16. The average molecular weight is 603 g/mol. The van der Waals surface area contributed by atoms with E-state index < -0.39 is 48.5 Å². The Labute approximate surface area is 251 Å². The molecule has 1 saturated heterocycles. The number of hydrogen-bond donors (Lipinski definition) is 3. The predicted molar refractivity (Wildman–Crippen MR) is 159 cm³/mol. The van der Waals surface area contributed by atoms with Gasteiger partial charge < -0.3 is 29.7 Å². The summed E-state index contributed by atoms with van der Waals surface area (Å²) in [5, 5.41) is 27.2. The first-order valence-electron chi connectivity index (χ1n) is 13.7. The first-order valence-corrected chi connectivity index (χ1v) is 13.7. The minimum Gasteiger partial charge on any atom is -0.497 e. The zero-order valence-corrected chi connectivity index (χ0v) is 23.9. The fourth-order valence-electron chi connectivity index (χ4n) is 5.45. The van der Waals surface area contributed by atoms with Gasteiger partial charge in [0.25, 0.3) is 0 Å². The summed E-state index contributed by atoms with van der Waals surface area (Å²) < 4.78 is 32.6. The second-order valence-corrected chi connectivity index (χ2v) is 10.2. The molecule has 2 heterocycles. The molecule has 0 saturated carbocycles. The molecule has 4 aromatic rings. The van der Waals surface area contributed by atoms with Crippen molar-refractivity contribution in [2.24, 2.45) is 5.11 Å². The number of methoxy groups -OCH3 is 2. The number of aliphatic hydroxyl groups excluding tert-OH is 2. The molecule has 0 amide bonds. The minimum absolute atomic E-state index is 0.165. The van der Waals surface area contributed by atoms with E-state index in [9.17, 15) is 15.0 Å². The molecule has 0 bridgehead atoms. The Morgan fingerprint density at radius 1 is 1.02 bits per heavy atom. The molecular formula is C31H31FN6O6. The summed E-state index contributed by atoms with van der Waals surface area (Å²) in [5.41, 5.74) is 7.27. The van der Waals surface area contributed by atoms with E-state index in [4.69, 9.17) is 19.7 Å². The number of azide groups is 1. The molecule has 13 heteroatoms. The molecule has 12 nitrogen and oxygen atoms in total. The van der Waals surface area contributed by atoms with Gasteiger partial charge in [-0.2, -0.15) is 4.98 Å². The van der Waals surface area contributed by atoms with Gasteiger partial charge in [-0.1, -0.05) is 59.7 Å². The number of anilines is 1. The summed E-state index contributed by atoms with van der Waals surface area (Å²) >= 11 is 0. The van der Waals surface area contributed by atoms with Crippen molar-refractivity contribution in [3.63, 3.8) is 0 Å². The van der Waals surface area contributed by atoms with Crippen molar-refractivity contribution < 1.29 is 28.8 Å². The van der Waals surface area contributed by atoms with Crippen molar-refractivity contribution >= 4 is 5.82 Å².